The van der Waals surface area contributed by atoms with Crippen LogP contribution in [-0.4, -0.2) is 9.38 Å². The van der Waals surface area contributed by atoms with Crippen molar-refractivity contribution in [1.29, 1.82) is 0 Å². The number of hydrogen-bond acceptors (Lipinski definition) is 1. The molecule has 0 atom stereocenters. The van der Waals surface area contributed by atoms with Gasteiger partial charge < -0.3 is 4.40 Å². The summed E-state index contributed by atoms with van der Waals surface area (Å²) in [6, 6.07) is 53.1. The highest BCUT2D eigenvalue weighted by molar-refractivity contribution is 6.26. The van der Waals surface area contributed by atoms with E-state index >= 15 is 0 Å². The van der Waals surface area contributed by atoms with Crippen LogP contribution >= 0.6 is 0 Å². The summed E-state index contributed by atoms with van der Waals surface area (Å²) in [5.74, 6) is 0. The maximum absolute atomic E-state index is 4.85. The van der Waals surface area contributed by atoms with Crippen molar-refractivity contribution in [3.8, 4) is 55.8 Å². The van der Waals surface area contributed by atoms with Gasteiger partial charge in [-0.2, -0.15) is 0 Å². The van der Waals surface area contributed by atoms with Crippen molar-refractivity contribution in [2.45, 2.75) is 0 Å². The molecular formula is C43H26N2. The van der Waals surface area contributed by atoms with Gasteiger partial charge in [0.1, 0.15) is 5.65 Å². The molecule has 208 valence electrons. The van der Waals surface area contributed by atoms with Gasteiger partial charge in [0, 0.05) is 18.0 Å². The van der Waals surface area contributed by atoms with Gasteiger partial charge >= 0.3 is 0 Å². The van der Waals surface area contributed by atoms with Gasteiger partial charge in [0.25, 0.3) is 0 Å². The fourth-order valence-electron chi connectivity index (χ4n) is 7.64. The first kappa shape index (κ1) is 24.5. The molecule has 0 spiro atoms. The highest BCUT2D eigenvalue weighted by Crippen LogP contribution is 2.51. The zero-order chi connectivity index (χ0) is 29.5. The Balaban J connectivity index is 1.21. The van der Waals surface area contributed by atoms with Crippen molar-refractivity contribution in [3.05, 3.63) is 158 Å². The summed E-state index contributed by atoms with van der Waals surface area (Å²) in [6.45, 7) is 0. The number of hydrogen-bond donors (Lipinski definition) is 0. The van der Waals surface area contributed by atoms with E-state index in [0.29, 0.717) is 0 Å². The van der Waals surface area contributed by atoms with E-state index < -0.39 is 0 Å². The number of rotatable bonds is 3. The van der Waals surface area contributed by atoms with Gasteiger partial charge in [0.2, 0.25) is 0 Å². The number of nitrogens with zero attached hydrogens (tertiary/aromatic N) is 2. The van der Waals surface area contributed by atoms with Crippen LogP contribution in [0.4, 0.5) is 0 Å². The second kappa shape index (κ2) is 9.25. The third-order valence-corrected chi connectivity index (χ3v) is 9.58. The molecule has 2 nitrogen and oxygen atoms in total. The largest absolute Gasteiger partial charge is 0.306 e. The summed E-state index contributed by atoms with van der Waals surface area (Å²) in [5.41, 5.74) is 13.4. The molecular weight excluding hydrogens is 544 g/mol. The SMILES string of the molecule is c1ccc2c(c1)-c1cccc3c(-c4c5ccccc5c(-c5ccc(-c6cn7ccccc7n6)cc5)c5ccccc45)ccc-2c13. The van der Waals surface area contributed by atoms with Gasteiger partial charge in [0.15, 0.2) is 0 Å². The van der Waals surface area contributed by atoms with Crippen LogP contribution in [0.1, 0.15) is 0 Å². The molecule has 1 aliphatic carbocycles. The lowest BCUT2D eigenvalue weighted by molar-refractivity contribution is 1.19. The number of benzene rings is 7. The van der Waals surface area contributed by atoms with Gasteiger partial charge in [-0.3, -0.25) is 0 Å². The minimum absolute atomic E-state index is 0.955. The van der Waals surface area contributed by atoms with Gasteiger partial charge in [-0.05, 0) is 89.0 Å². The monoisotopic (exact) mass is 570 g/mol. The van der Waals surface area contributed by atoms with Crippen LogP contribution in [0.25, 0.3) is 93.7 Å². The first-order chi connectivity index (χ1) is 22.3. The maximum atomic E-state index is 4.85. The first-order valence-corrected chi connectivity index (χ1v) is 15.5. The van der Waals surface area contributed by atoms with Crippen molar-refractivity contribution < 1.29 is 0 Å². The molecule has 7 aromatic carbocycles. The molecule has 10 rings (SSSR count). The van der Waals surface area contributed by atoms with E-state index in [1.807, 2.05) is 24.4 Å². The zero-order valence-electron chi connectivity index (χ0n) is 24.4. The second-order valence-corrected chi connectivity index (χ2v) is 11.9. The smallest absolute Gasteiger partial charge is 0.137 e. The Labute approximate surface area is 260 Å². The molecule has 0 fully saturated rings. The van der Waals surface area contributed by atoms with E-state index in [9.17, 15) is 0 Å². The summed E-state index contributed by atoms with van der Waals surface area (Å²) < 4.78 is 2.07. The Kier molecular flexibility index (Phi) is 5.03. The molecule has 0 aliphatic heterocycles. The third-order valence-electron chi connectivity index (χ3n) is 9.58. The fourth-order valence-corrected chi connectivity index (χ4v) is 7.64. The van der Waals surface area contributed by atoms with E-state index in [0.717, 1.165) is 16.9 Å². The van der Waals surface area contributed by atoms with Crippen molar-refractivity contribution >= 4 is 38.0 Å². The zero-order valence-corrected chi connectivity index (χ0v) is 24.4. The molecule has 0 unspecified atom stereocenters. The predicted molar refractivity (Wildman–Crippen MR) is 188 cm³/mol. The van der Waals surface area contributed by atoms with Crippen molar-refractivity contribution in [1.82, 2.24) is 9.38 Å². The van der Waals surface area contributed by atoms with Crippen LogP contribution in [0, 0.1) is 0 Å². The lowest BCUT2D eigenvalue weighted by Crippen LogP contribution is -1.92. The maximum Gasteiger partial charge on any atom is 0.137 e. The molecule has 0 N–H and O–H groups in total. The number of imidazole rings is 1. The summed E-state index contributed by atoms with van der Waals surface area (Å²) in [7, 11) is 0. The lowest BCUT2D eigenvalue weighted by Gasteiger charge is -2.19. The number of fused-ring (bicyclic) bond motifs is 6. The molecule has 0 saturated carbocycles. The van der Waals surface area contributed by atoms with Crippen LogP contribution in [0.15, 0.2) is 158 Å². The normalized spacial score (nSPS) is 12.0. The summed E-state index contributed by atoms with van der Waals surface area (Å²) in [4.78, 5) is 4.85. The van der Waals surface area contributed by atoms with Crippen LogP contribution in [0.5, 0.6) is 0 Å². The Morgan fingerprint density at radius 3 is 1.60 bits per heavy atom. The molecule has 0 saturated heterocycles. The Bertz CT molecular complexity index is 2520. The fraction of sp³-hybridized carbons (Fsp3) is 0. The molecule has 0 amide bonds. The minimum Gasteiger partial charge on any atom is -0.306 e. The van der Waals surface area contributed by atoms with Crippen molar-refractivity contribution in [3.63, 3.8) is 0 Å². The average molecular weight is 571 g/mol. The van der Waals surface area contributed by atoms with Crippen molar-refractivity contribution in [2.24, 2.45) is 0 Å². The summed E-state index contributed by atoms with van der Waals surface area (Å²) in [6.07, 6.45) is 4.14. The molecule has 2 heteroatoms. The Morgan fingerprint density at radius 1 is 0.378 bits per heavy atom. The van der Waals surface area contributed by atoms with Gasteiger partial charge in [-0.1, -0.05) is 133 Å². The molecule has 2 aromatic heterocycles. The van der Waals surface area contributed by atoms with Crippen LogP contribution in [-0.2, 0) is 0 Å². The van der Waals surface area contributed by atoms with E-state index in [1.54, 1.807) is 0 Å². The molecule has 2 heterocycles. The molecule has 9 aromatic rings. The third kappa shape index (κ3) is 3.48. The van der Waals surface area contributed by atoms with Gasteiger partial charge in [-0.25, -0.2) is 4.98 Å². The second-order valence-electron chi connectivity index (χ2n) is 11.9. The molecule has 1 aliphatic rings. The average Bonchev–Trinajstić information content (AvgIpc) is 3.69. The van der Waals surface area contributed by atoms with E-state index in [2.05, 4.69) is 138 Å². The highest BCUT2D eigenvalue weighted by Gasteiger charge is 2.24. The highest BCUT2D eigenvalue weighted by atomic mass is 15.0. The Morgan fingerprint density at radius 2 is 0.911 bits per heavy atom. The topological polar surface area (TPSA) is 17.3 Å². The van der Waals surface area contributed by atoms with Gasteiger partial charge in [-0.15, -0.1) is 0 Å². The van der Waals surface area contributed by atoms with Crippen LogP contribution in [0.2, 0.25) is 0 Å². The van der Waals surface area contributed by atoms with Gasteiger partial charge in [0.05, 0.1) is 5.69 Å². The molecule has 0 radical (unpaired) electrons. The number of aromatic nitrogens is 2. The molecule has 45 heavy (non-hydrogen) atoms. The predicted octanol–water partition coefficient (Wildman–Crippen LogP) is 11.4. The summed E-state index contributed by atoms with van der Waals surface area (Å²) >= 11 is 0. The summed E-state index contributed by atoms with van der Waals surface area (Å²) in [5, 5.41) is 7.73. The van der Waals surface area contributed by atoms with E-state index in [1.165, 1.54) is 76.8 Å². The van der Waals surface area contributed by atoms with Crippen LogP contribution < -0.4 is 0 Å². The van der Waals surface area contributed by atoms with Crippen LogP contribution in [0.3, 0.4) is 0 Å². The lowest BCUT2D eigenvalue weighted by atomic mass is 9.84. The standard InChI is InChI=1S/C43H26N2/c1-2-11-30-29(10-1)31-16-9-17-36-38(24-23-37(30)42(31)36)43-34-14-5-3-12-32(34)41(33-13-4-6-15-35(33)43)28-21-19-27(20-22-28)39-26-45-25-8-7-18-40(45)44-39/h1-26H. The van der Waals surface area contributed by atoms with E-state index in [-0.39, 0.29) is 0 Å². The first-order valence-electron chi connectivity index (χ1n) is 15.5. The molecule has 0 bridgehead atoms. The van der Waals surface area contributed by atoms with E-state index in [4.69, 9.17) is 4.98 Å². The minimum atomic E-state index is 0.955. The van der Waals surface area contributed by atoms with Crippen molar-refractivity contribution in [2.75, 3.05) is 0 Å². The Hall–Kier alpha value is -5.99. The number of pyridine rings is 1. The quantitative estimate of drug-likeness (QED) is 0.193.